The number of nitrogens with zero attached hydrogens (tertiary/aromatic N) is 2. The van der Waals surface area contributed by atoms with E-state index in [0.29, 0.717) is 22.8 Å². The van der Waals surface area contributed by atoms with Crippen molar-refractivity contribution < 1.29 is 23.9 Å². The number of nitrogens with one attached hydrogen (secondary N) is 2. The number of rotatable bonds is 5. The van der Waals surface area contributed by atoms with Crippen LogP contribution in [-0.4, -0.2) is 42.8 Å². The van der Waals surface area contributed by atoms with Crippen molar-refractivity contribution in [1.29, 1.82) is 0 Å². The molecule has 2 aromatic rings. The van der Waals surface area contributed by atoms with E-state index in [9.17, 15) is 14.4 Å². The van der Waals surface area contributed by atoms with Gasteiger partial charge in [-0.3, -0.25) is 14.6 Å². The molecule has 0 saturated heterocycles. The lowest BCUT2D eigenvalue weighted by atomic mass is 10.1. The molecule has 2 heterocycles. The molecule has 2 aliphatic heterocycles. The number of ether oxygens (including phenoxy) is 2. The summed E-state index contributed by atoms with van der Waals surface area (Å²) in [5, 5.41) is 11.5. The van der Waals surface area contributed by atoms with Gasteiger partial charge in [-0.2, -0.15) is 5.10 Å². The van der Waals surface area contributed by atoms with Crippen molar-refractivity contribution in [3.63, 3.8) is 0 Å². The second kappa shape index (κ2) is 8.65. The highest BCUT2D eigenvalue weighted by atomic mass is 35.5. The van der Waals surface area contributed by atoms with Gasteiger partial charge in [0.25, 0.3) is 5.91 Å². The molecule has 0 fully saturated rings. The van der Waals surface area contributed by atoms with Crippen LogP contribution < -0.4 is 20.4 Å². The van der Waals surface area contributed by atoms with Crippen molar-refractivity contribution in [3.8, 4) is 5.75 Å². The van der Waals surface area contributed by atoms with Crippen molar-refractivity contribution >= 4 is 52.2 Å². The summed E-state index contributed by atoms with van der Waals surface area (Å²) in [5.41, 5.74) is 1.57. The summed E-state index contributed by atoms with van der Waals surface area (Å²) in [7, 11) is 0. The Morgan fingerprint density at radius 3 is 2.84 bits per heavy atom. The van der Waals surface area contributed by atoms with Crippen LogP contribution in [0.4, 0.5) is 17.1 Å². The molecular weight excluding hydrogens is 424 g/mol. The Bertz CT molecular complexity index is 1070. The number of anilines is 3. The zero-order valence-electron chi connectivity index (χ0n) is 16.6. The van der Waals surface area contributed by atoms with E-state index in [1.54, 1.807) is 25.1 Å². The summed E-state index contributed by atoms with van der Waals surface area (Å²) in [6.45, 7) is 1.79. The molecule has 4 rings (SSSR count). The van der Waals surface area contributed by atoms with Crippen molar-refractivity contribution in [3.05, 3.63) is 47.5 Å². The monoisotopic (exact) mass is 442 g/mol. The van der Waals surface area contributed by atoms with Gasteiger partial charge in [-0.15, -0.1) is 0 Å². The van der Waals surface area contributed by atoms with E-state index in [1.165, 1.54) is 11.1 Å². The smallest absolute Gasteiger partial charge is 0.354 e. The average Bonchev–Trinajstić information content (AvgIpc) is 3.21. The molecule has 2 aromatic carbocycles. The predicted molar refractivity (Wildman–Crippen MR) is 116 cm³/mol. The second-order valence-corrected chi connectivity index (χ2v) is 7.23. The molecule has 1 atom stereocenters. The van der Waals surface area contributed by atoms with Crippen LogP contribution in [0.1, 0.15) is 13.3 Å². The fourth-order valence-electron chi connectivity index (χ4n) is 3.28. The number of halogens is 1. The number of hydrazone groups is 1. The van der Waals surface area contributed by atoms with Crippen LogP contribution in [0.5, 0.6) is 5.75 Å². The van der Waals surface area contributed by atoms with Gasteiger partial charge in [0.15, 0.2) is 6.61 Å². The fourth-order valence-corrected chi connectivity index (χ4v) is 3.49. The second-order valence-electron chi connectivity index (χ2n) is 6.82. The van der Waals surface area contributed by atoms with E-state index in [0.717, 1.165) is 0 Å². The number of carbonyl (C=O) groups is 3. The largest absolute Gasteiger partial charge is 0.482 e. The van der Waals surface area contributed by atoms with Crippen LogP contribution in [0.3, 0.4) is 0 Å². The molecule has 0 aromatic heterocycles. The zero-order valence-corrected chi connectivity index (χ0v) is 17.3. The Labute approximate surface area is 183 Å². The minimum Gasteiger partial charge on any atom is -0.482 e. The lowest BCUT2D eigenvalue weighted by Crippen LogP contribution is -2.39. The van der Waals surface area contributed by atoms with Crippen LogP contribution in [0.15, 0.2) is 47.6 Å². The zero-order chi connectivity index (χ0) is 22.0. The van der Waals surface area contributed by atoms with E-state index in [4.69, 9.17) is 21.1 Å². The lowest BCUT2D eigenvalue weighted by Gasteiger charge is -2.24. The molecule has 0 saturated carbocycles. The van der Waals surface area contributed by atoms with Crippen molar-refractivity contribution in [2.75, 3.05) is 28.9 Å². The molecule has 10 heteroatoms. The number of carbonyl (C=O) groups excluding carboxylic acids is 3. The van der Waals surface area contributed by atoms with Gasteiger partial charge in [0.1, 0.15) is 17.5 Å². The molecule has 0 radical (unpaired) electrons. The summed E-state index contributed by atoms with van der Waals surface area (Å²) in [5.74, 6) is -0.856. The number of fused-ring (bicyclic) bond motifs is 1. The third-order valence-corrected chi connectivity index (χ3v) is 5.02. The molecule has 2 amide bonds. The van der Waals surface area contributed by atoms with E-state index >= 15 is 0 Å². The topological polar surface area (TPSA) is 109 Å². The Morgan fingerprint density at radius 2 is 2.10 bits per heavy atom. The molecule has 0 bridgehead atoms. The molecular formula is C21H19ClN4O5. The van der Waals surface area contributed by atoms with Crippen LogP contribution in [0.25, 0.3) is 0 Å². The Balaban J connectivity index is 1.58. The van der Waals surface area contributed by atoms with Gasteiger partial charge >= 0.3 is 5.97 Å². The minimum atomic E-state index is -0.783. The van der Waals surface area contributed by atoms with Gasteiger partial charge in [-0.25, -0.2) is 4.79 Å². The maximum Gasteiger partial charge on any atom is 0.354 e. The first kappa shape index (κ1) is 20.7. The molecule has 2 aliphatic rings. The van der Waals surface area contributed by atoms with Crippen LogP contribution >= 0.6 is 11.6 Å². The fraction of sp³-hybridized carbons (Fsp3) is 0.238. The summed E-state index contributed by atoms with van der Waals surface area (Å²) in [4.78, 5) is 36.8. The molecule has 0 aliphatic carbocycles. The van der Waals surface area contributed by atoms with Gasteiger partial charge in [-0.1, -0.05) is 29.8 Å². The van der Waals surface area contributed by atoms with Crippen LogP contribution in [0.2, 0.25) is 5.02 Å². The summed E-state index contributed by atoms with van der Waals surface area (Å²) >= 11 is 6.30. The standard InChI is InChI=1S/C21H19ClN4O5/c1-2-30-21(29)16-9-17(26(25-16)12-6-4-3-5-7-12)20(28)24-14-10-18-15(8-13(14)22)23-19(27)11-31-18/h3-8,10,17H,2,9,11H2,1H3,(H,23,27)(H,24,28). The van der Waals surface area contributed by atoms with Crippen LogP contribution in [0, 0.1) is 0 Å². The van der Waals surface area contributed by atoms with Crippen molar-refractivity contribution in [1.82, 2.24) is 0 Å². The van der Waals surface area contributed by atoms with E-state index in [2.05, 4.69) is 15.7 Å². The van der Waals surface area contributed by atoms with E-state index < -0.39 is 17.9 Å². The summed E-state index contributed by atoms with van der Waals surface area (Å²) in [6, 6.07) is 11.3. The van der Waals surface area contributed by atoms with Gasteiger partial charge in [-0.05, 0) is 25.1 Å². The highest BCUT2D eigenvalue weighted by molar-refractivity contribution is 6.38. The van der Waals surface area contributed by atoms with Gasteiger partial charge in [0.05, 0.1) is 28.7 Å². The van der Waals surface area contributed by atoms with Gasteiger partial charge < -0.3 is 20.1 Å². The molecule has 160 valence electrons. The number of hydrogen-bond acceptors (Lipinski definition) is 7. The summed E-state index contributed by atoms with van der Waals surface area (Å²) < 4.78 is 10.4. The third kappa shape index (κ3) is 4.31. The summed E-state index contributed by atoms with van der Waals surface area (Å²) in [6.07, 6.45) is 0.0781. The first-order valence-corrected chi connectivity index (χ1v) is 10.00. The Morgan fingerprint density at radius 1 is 1.32 bits per heavy atom. The highest BCUT2D eigenvalue weighted by Crippen LogP contribution is 2.37. The number of hydrogen-bond donors (Lipinski definition) is 2. The number of benzene rings is 2. The number of para-hydroxylation sites is 1. The number of amides is 2. The average molecular weight is 443 g/mol. The molecule has 9 nitrogen and oxygen atoms in total. The minimum absolute atomic E-state index is 0.0781. The highest BCUT2D eigenvalue weighted by Gasteiger charge is 2.37. The Hall–Kier alpha value is -3.59. The maximum absolute atomic E-state index is 13.1. The lowest BCUT2D eigenvalue weighted by molar-refractivity contribution is -0.135. The quantitative estimate of drug-likeness (QED) is 0.689. The molecule has 0 spiro atoms. The molecule has 31 heavy (non-hydrogen) atoms. The molecule has 1 unspecified atom stereocenters. The van der Waals surface area contributed by atoms with Gasteiger partial charge in [0.2, 0.25) is 5.91 Å². The van der Waals surface area contributed by atoms with E-state index in [-0.39, 0.29) is 36.3 Å². The first-order valence-electron chi connectivity index (χ1n) is 9.62. The van der Waals surface area contributed by atoms with Gasteiger partial charge in [0, 0.05) is 12.5 Å². The first-order chi connectivity index (χ1) is 15.0. The Kier molecular flexibility index (Phi) is 5.77. The molecule has 2 N–H and O–H groups in total. The van der Waals surface area contributed by atoms with Crippen LogP contribution in [-0.2, 0) is 19.1 Å². The third-order valence-electron chi connectivity index (χ3n) is 4.70. The van der Waals surface area contributed by atoms with Crippen molar-refractivity contribution in [2.45, 2.75) is 19.4 Å². The number of esters is 1. The normalized spacial score (nSPS) is 17.2. The SMILES string of the molecule is CCOC(=O)C1=NN(c2ccccc2)C(C(=O)Nc2cc3c(cc2Cl)NC(=O)CO3)C1. The van der Waals surface area contributed by atoms with Crippen molar-refractivity contribution in [2.24, 2.45) is 5.10 Å². The maximum atomic E-state index is 13.1. The van der Waals surface area contributed by atoms with E-state index in [1.807, 2.05) is 18.2 Å². The predicted octanol–water partition coefficient (Wildman–Crippen LogP) is 2.81.